The van der Waals surface area contributed by atoms with Crippen LogP contribution in [0.25, 0.3) is 11.2 Å². The zero-order valence-corrected chi connectivity index (χ0v) is 6.13. The summed E-state index contributed by atoms with van der Waals surface area (Å²) < 4.78 is 0. The first-order chi connectivity index (χ1) is 5.27. The van der Waals surface area contributed by atoms with E-state index in [1.165, 1.54) is 6.33 Å². The summed E-state index contributed by atoms with van der Waals surface area (Å²) in [5, 5.41) is 0.124. The molecule has 7 heteroatoms. The fraction of sp³-hybridized carbons (Fsp3) is 0. The van der Waals surface area contributed by atoms with E-state index >= 15 is 0 Å². The summed E-state index contributed by atoms with van der Waals surface area (Å²) >= 11 is 5.53. The molecule has 0 aliphatic carbocycles. The minimum atomic E-state index is 0. The number of fused-ring (bicyclic) bond motifs is 1. The van der Waals surface area contributed by atoms with Gasteiger partial charge in [0.25, 0.3) is 0 Å². The molecule has 0 aromatic carbocycles. The molecule has 3 N–H and O–H groups in total. The summed E-state index contributed by atoms with van der Waals surface area (Å²) in [6.07, 6.45) is 1.49. The molecule has 2 heterocycles. The van der Waals surface area contributed by atoms with E-state index in [0.717, 1.165) is 0 Å². The van der Waals surface area contributed by atoms with Gasteiger partial charge >= 0.3 is 29.6 Å². The number of nitrogens with two attached hydrogens (primary N) is 1. The Morgan fingerprint density at radius 2 is 2.17 bits per heavy atom. The number of anilines is 1. The third kappa shape index (κ3) is 1.54. The average Bonchev–Trinajstić information content (AvgIpc) is 2.34. The second kappa shape index (κ2) is 3.57. The molecule has 0 aliphatic rings. The standard InChI is InChI=1S/C5H4ClN5.Na.H/c6-5-10-3(7)2-4(11-5)9-1-8-2;;/h1H,(H3,7,8,9,10,11);;. The number of H-pyrrole nitrogens is 1. The Morgan fingerprint density at radius 3 is 2.92 bits per heavy atom. The van der Waals surface area contributed by atoms with Gasteiger partial charge in [0.2, 0.25) is 5.28 Å². The summed E-state index contributed by atoms with van der Waals surface area (Å²) in [5.74, 6) is 0.293. The van der Waals surface area contributed by atoms with Crippen molar-refractivity contribution in [2.24, 2.45) is 0 Å². The van der Waals surface area contributed by atoms with Crippen molar-refractivity contribution in [2.75, 3.05) is 5.73 Å². The third-order valence-electron chi connectivity index (χ3n) is 1.28. The van der Waals surface area contributed by atoms with E-state index in [0.29, 0.717) is 17.0 Å². The predicted octanol–water partition coefficient (Wildman–Crippen LogP) is -0.0600. The van der Waals surface area contributed by atoms with E-state index in [1.807, 2.05) is 0 Å². The van der Waals surface area contributed by atoms with Gasteiger partial charge < -0.3 is 10.7 Å². The first-order valence-corrected chi connectivity index (χ1v) is 3.27. The zero-order valence-electron chi connectivity index (χ0n) is 5.37. The molecule has 12 heavy (non-hydrogen) atoms. The van der Waals surface area contributed by atoms with E-state index in [1.54, 1.807) is 0 Å². The number of aromatic amines is 1. The SMILES string of the molecule is Nc1nc(Cl)nc2[nH]cnc12.[NaH]. The van der Waals surface area contributed by atoms with Crippen molar-refractivity contribution >= 4 is 58.1 Å². The molecule has 0 amide bonds. The van der Waals surface area contributed by atoms with Crippen LogP contribution in [-0.2, 0) is 0 Å². The average molecular weight is 194 g/mol. The summed E-state index contributed by atoms with van der Waals surface area (Å²) in [6, 6.07) is 0. The molecule has 2 aromatic rings. The van der Waals surface area contributed by atoms with Crippen molar-refractivity contribution in [2.45, 2.75) is 0 Å². The van der Waals surface area contributed by atoms with Crippen molar-refractivity contribution in [3.05, 3.63) is 11.6 Å². The normalized spacial score (nSPS) is 9.75. The molecule has 2 aromatic heterocycles. The van der Waals surface area contributed by atoms with Crippen LogP contribution in [0.3, 0.4) is 0 Å². The predicted molar refractivity (Wildman–Crippen MR) is 48.3 cm³/mol. The summed E-state index contributed by atoms with van der Waals surface area (Å²) in [5.41, 5.74) is 6.59. The van der Waals surface area contributed by atoms with Crippen LogP contribution >= 0.6 is 11.6 Å². The van der Waals surface area contributed by atoms with E-state index < -0.39 is 0 Å². The first-order valence-electron chi connectivity index (χ1n) is 2.89. The second-order valence-electron chi connectivity index (χ2n) is 1.98. The summed E-state index contributed by atoms with van der Waals surface area (Å²) in [4.78, 5) is 14.2. The Hall–Kier alpha value is -0.360. The van der Waals surface area contributed by atoms with Crippen molar-refractivity contribution in [1.29, 1.82) is 0 Å². The van der Waals surface area contributed by atoms with Gasteiger partial charge in [0.15, 0.2) is 11.5 Å². The number of nitrogens with one attached hydrogen (secondary N) is 1. The fourth-order valence-electron chi connectivity index (χ4n) is 0.830. The Morgan fingerprint density at radius 1 is 1.42 bits per heavy atom. The molecule has 0 fully saturated rings. The molecule has 0 unspecified atom stereocenters. The van der Waals surface area contributed by atoms with Crippen molar-refractivity contribution in [3.8, 4) is 0 Å². The molecule has 2 rings (SSSR count). The second-order valence-corrected chi connectivity index (χ2v) is 2.32. The molecule has 0 aliphatic heterocycles. The number of imidazole rings is 1. The molecular weight excluding hydrogens is 189 g/mol. The quantitative estimate of drug-likeness (QED) is 0.454. The van der Waals surface area contributed by atoms with Crippen LogP contribution in [0.15, 0.2) is 6.33 Å². The van der Waals surface area contributed by atoms with Gasteiger partial charge in [-0.2, -0.15) is 9.97 Å². The number of hydrogen-bond donors (Lipinski definition) is 2. The van der Waals surface area contributed by atoms with Crippen LogP contribution in [0.2, 0.25) is 5.28 Å². The van der Waals surface area contributed by atoms with Crippen LogP contribution in [-0.4, -0.2) is 49.5 Å². The van der Waals surface area contributed by atoms with E-state index in [2.05, 4.69) is 19.9 Å². The van der Waals surface area contributed by atoms with Gasteiger partial charge in [-0.25, -0.2) is 4.98 Å². The van der Waals surface area contributed by atoms with Crippen LogP contribution in [0.1, 0.15) is 0 Å². The molecule has 5 nitrogen and oxygen atoms in total. The molecule has 0 saturated carbocycles. The topological polar surface area (TPSA) is 80.5 Å². The van der Waals surface area contributed by atoms with Crippen molar-refractivity contribution in [1.82, 2.24) is 19.9 Å². The summed E-state index contributed by atoms with van der Waals surface area (Å²) in [7, 11) is 0. The van der Waals surface area contributed by atoms with Gasteiger partial charge in [-0.3, -0.25) is 0 Å². The van der Waals surface area contributed by atoms with Crippen LogP contribution in [0.4, 0.5) is 5.82 Å². The number of rotatable bonds is 0. The van der Waals surface area contributed by atoms with E-state index in [4.69, 9.17) is 17.3 Å². The number of nitrogens with zero attached hydrogens (tertiary/aromatic N) is 3. The van der Waals surface area contributed by atoms with Crippen LogP contribution < -0.4 is 5.73 Å². The van der Waals surface area contributed by atoms with Crippen LogP contribution in [0.5, 0.6) is 0 Å². The van der Waals surface area contributed by atoms with Crippen molar-refractivity contribution < 1.29 is 0 Å². The molecule has 0 spiro atoms. The van der Waals surface area contributed by atoms with Crippen molar-refractivity contribution in [3.63, 3.8) is 0 Å². The minimum absolute atomic E-state index is 0. The van der Waals surface area contributed by atoms with E-state index in [-0.39, 0.29) is 34.8 Å². The first kappa shape index (κ1) is 9.73. The summed E-state index contributed by atoms with van der Waals surface area (Å²) in [6.45, 7) is 0. The Kier molecular flexibility index (Phi) is 2.89. The van der Waals surface area contributed by atoms with Gasteiger partial charge in [-0.05, 0) is 11.6 Å². The van der Waals surface area contributed by atoms with Gasteiger partial charge in [0, 0.05) is 0 Å². The molecule has 0 bridgehead atoms. The van der Waals surface area contributed by atoms with Crippen LogP contribution in [0, 0.1) is 0 Å². The Bertz CT molecular complexity index is 400. The Balaban J connectivity index is 0.000000720. The molecule has 58 valence electrons. The number of halogens is 1. The number of aromatic nitrogens is 4. The molecule has 0 atom stereocenters. The maximum atomic E-state index is 5.53. The number of hydrogen-bond acceptors (Lipinski definition) is 4. The van der Waals surface area contributed by atoms with E-state index in [9.17, 15) is 0 Å². The fourth-order valence-corrected chi connectivity index (χ4v) is 1.01. The zero-order chi connectivity index (χ0) is 7.84. The van der Waals surface area contributed by atoms with Gasteiger partial charge in [0.05, 0.1) is 6.33 Å². The third-order valence-corrected chi connectivity index (χ3v) is 1.45. The number of nitrogen functional groups attached to an aromatic ring is 1. The molecule has 0 saturated heterocycles. The van der Waals surface area contributed by atoms with Gasteiger partial charge in [0.1, 0.15) is 5.52 Å². The van der Waals surface area contributed by atoms with Gasteiger partial charge in [-0.15, -0.1) is 0 Å². The van der Waals surface area contributed by atoms with Gasteiger partial charge in [-0.1, -0.05) is 0 Å². The maximum absolute atomic E-state index is 5.53. The molecular formula is C5H5ClN5Na. The molecule has 0 radical (unpaired) electrons. The Labute approximate surface area is 95.0 Å². The monoisotopic (exact) mass is 193 g/mol.